The molecule has 0 spiro atoms. The van der Waals surface area contributed by atoms with Crippen LogP contribution in [0.4, 0.5) is 0 Å². The van der Waals surface area contributed by atoms with Crippen LogP contribution in [-0.4, -0.2) is 10.1 Å². The van der Waals surface area contributed by atoms with Gasteiger partial charge in [0.25, 0.3) is 5.56 Å². The van der Waals surface area contributed by atoms with Crippen LogP contribution < -0.4 is 11.3 Å². The van der Waals surface area contributed by atoms with E-state index in [-0.39, 0.29) is 17.5 Å². The van der Waals surface area contributed by atoms with Gasteiger partial charge in [0.05, 0.1) is 0 Å². The van der Waals surface area contributed by atoms with E-state index in [4.69, 9.17) is 10.8 Å². The summed E-state index contributed by atoms with van der Waals surface area (Å²) in [5, 5.41) is 9.10. The van der Waals surface area contributed by atoms with Gasteiger partial charge in [0.2, 0.25) is 0 Å². The Bertz CT molecular complexity index is 333. The fourth-order valence-electron chi connectivity index (χ4n) is 1.24. The second-order valence-corrected chi connectivity index (χ2v) is 3.06. The van der Waals surface area contributed by atoms with E-state index >= 15 is 0 Å². The average molecular weight is 182 g/mol. The second-order valence-electron chi connectivity index (χ2n) is 3.06. The SMILES string of the molecule is CCC[C@H](N)c1cc(O)[nH]c(=O)c1. The Hall–Kier alpha value is -1.29. The van der Waals surface area contributed by atoms with Gasteiger partial charge in [0, 0.05) is 18.2 Å². The van der Waals surface area contributed by atoms with Crippen LogP contribution in [0.5, 0.6) is 5.88 Å². The van der Waals surface area contributed by atoms with Crippen LogP contribution in [-0.2, 0) is 0 Å². The number of H-pyrrole nitrogens is 1. The average Bonchev–Trinajstić information content (AvgIpc) is 2.03. The molecular weight excluding hydrogens is 168 g/mol. The predicted molar refractivity (Wildman–Crippen MR) is 50.6 cm³/mol. The van der Waals surface area contributed by atoms with Crippen LogP contribution in [0.15, 0.2) is 16.9 Å². The largest absolute Gasteiger partial charge is 0.495 e. The lowest BCUT2D eigenvalue weighted by Crippen LogP contribution is -2.14. The molecule has 0 aliphatic rings. The van der Waals surface area contributed by atoms with Gasteiger partial charge in [-0.3, -0.25) is 9.78 Å². The van der Waals surface area contributed by atoms with Crippen molar-refractivity contribution < 1.29 is 5.11 Å². The van der Waals surface area contributed by atoms with Crippen molar-refractivity contribution in [3.05, 3.63) is 28.0 Å². The third-order valence-electron chi connectivity index (χ3n) is 1.88. The molecule has 72 valence electrons. The minimum Gasteiger partial charge on any atom is -0.495 e. The molecule has 0 amide bonds. The van der Waals surface area contributed by atoms with E-state index in [2.05, 4.69) is 4.98 Å². The van der Waals surface area contributed by atoms with E-state index in [0.29, 0.717) is 5.56 Å². The van der Waals surface area contributed by atoms with Gasteiger partial charge < -0.3 is 10.8 Å². The van der Waals surface area contributed by atoms with Crippen molar-refractivity contribution in [3.8, 4) is 5.88 Å². The number of aromatic nitrogens is 1. The highest BCUT2D eigenvalue weighted by molar-refractivity contribution is 5.22. The highest BCUT2D eigenvalue weighted by Crippen LogP contribution is 2.16. The maximum Gasteiger partial charge on any atom is 0.250 e. The normalized spacial score (nSPS) is 12.8. The standard InChI is InChI=1S/C9H14N2O2/c1-2-3-7(10)6-4-8(12)11-9(13)5-6/h4-5,7H,2-3,10H2,1H3,(H2,11,12,13)/t7-/m0/s1. The first-order chi connectivity index (χ1) is 6.13. The van der Waals surface area contributed by atoms with Gasteiger partial charge in [-0.25, -0.2) is 0 Å². The van der Waals surface area contributed by atoms with Crippen LogP contribution in [0.25, 0.3) is 0 Å². The molecule has 1 atom stereocenters. The minimum absolute atomic E-state index is 0.131. The molecule has 0 fully saturated rings. The smallest absolute Gasteiger partial charge is 0.250 e. The van der Waals surface area contributed by atoms with Gasteiger partial charge in [-0.2, -0.15) is 0 Å². The van der Waals surface area contributed by atoms with E-state index < -0.39 is 0 Å². The van der Waals surface area contributed by atoms with Crippen LogP contribution in [0.3, 0.4) is 0 Å². The van der Waals surface area contributed by atoms with Gasteiger partial charge >= 0.3 is 0 Å². The number of aromatic amines is 1. The number of nitrogens with one attached hydrogen (secondary N) is 1. The molecule has 1 aromatic rings. The Morgan fingerprint density at radius 3 is 2.85 bits per heavy atom. The monoisotopic (exact) mass is 182 g/mol. The van der Waals surface area contributed by atoms with E-state index in [9.17, 15) is 4.79 Å². The van der Waals surface area contributed by atoms with Gasteiger partial charge in [0.15, 0.2) is 5.88 Å². The van der Waals surface area contributed by atoms with Gasteiger partial charge in [-0.15, -0.1) is 0 Å². The molecule has 1 heterocycles. The van der Waals surface area contributed by atoms with E-state index in [1.807, 2.05) is 6.92 Å². The molecule has 1 rings (SSSR count). The maximum absolute atomic E-state index is 10.9. The molecule has 1 aromatic heterocycles. The van der Waals surface area contributed by atoms with E-state index in [1.54, 1.807) is 0 Å². The summed E-state index contributed by atoms with van der Waals surface area (Å²) < 4.78 is 0. The third-order valence-corrected chi connectivity index (χ3v) is 1.88. The minimum atomic E-state index is -0.318. The van der Waals surface area contributed by atoms with Crippen molar-refractivity contribution in [1.82, 2.24) is 4.98 Å². The molecule has 0 radical (unpaired) electrons. The molecule has 0 saturated carbocycles. The Morgan fingerprint density at radius 1 is 1.62 bits per heavy atom. The van der Waals surface area contributed by atoms with Crippen LogP contribution in [0.2, 0.25) is 0 Å². The topological polar surface area (TPSA) is 79.1 Å². The van der Waals surface area contributed by atoms with Crippen LogP contribution >= 0.6 is 0 Å². The van der Waals surface area contributed by atoms with Crippen LogP contribution in [0, 0.1) is 0 Å². The Kier molecular flexibility index (Phi) is 3.08. The van der Waals surface area contributed by atoms with Crippen molar-refractivity contribution in [2.75, 3.05) is 0 Å². The van der Waals surface area contributed by atoms with Gasteiger partial charge in [0.1, 0.15) is 0 Å². The molecule has 0 aliphatic heterocycles. The lowest BCUT2D eigenvalue weighted by atomic mass is 10.1. The van der Waals surface area contributed by atoms with Crippen molar-refractivity contribution in [2.24, 2.45) is 5.73 Å². The first-order valence-corrected chi connectivity index (χ1v) is 4.32. The number of nitrogens with two attached hydrogens (primary N) is 1. The fourth-order valence-corrected chi connectivity index (χ4v) is 1.24. The molecule has 0 bridgehead atoms. The summed E-state index contributed by atoms with van der Waals surface area (Å²) in [5.74, 6) is -0.131. The zero-order valence-electron chi connectivity index (χ0n) is 7.58. The zero-order chi connectivity index (χ0) is 9.84. The predicted octanol–water partition coefficient (Wildman–Crippen LogP) is 0.880. The lowest BCUT2D eigenvalue weighted by Gasteiger charge is -2.09. The Morgan fingerprint density at radius 2 is 2.31 bits per heavy atom. The molecule has 0 unspecified atom stereocenters. The first-order valence-electron chi connectivity index (χ1n) is 4.32. The van der Waals surface area contributed by atoms with Crippen molar-refractivity contribution in [3.63, 3.8) is 0 Å². The number of aromatic hydroxyl groups is 1. The second kappa shape index (κ2) is 4.09. The molecule has 0 aromatic carbocycles. The lowest BCUT2D eigenvalue weighted by molar-refractivity contribution is 0.449. The number of rotatable bonds is 3. The summed E-state index contributed by atoms with van der Waals surface area (Å²) in [6.45, 7) is 2.02. The summed E-state index contributed by atoms with van der Waals surface area (Å²) in [5.41, 5.74) is 6.14. The Labute approximate surface area is 76.4 Å². The first kappa shape index (κ1) is 9.80. The summed E-state index contributed by atoms with van der Waals surface area (Å²) in [6, 6.07) is 2.74. The number of pyridine rings is 1. The van der Waals surface area contributed by atoms with Crippen LogP contribution in [0.1, 0.15) is 31.4 Å². The number of hydrogen-bond donors (Lipinski definition) is 3. The molecule has 0 aliphatic carbocycles. The summed E-state index contributed by atoms with van der Waals surface area (Å²) >= 11 is 0. The molecule has 0 saturated heterocycles. The molecule has 4 nitrogen and oxygen atoms in total. The third kappa shape index (κ3) is 2.59. The molecular formula is C9H14N2O2. The van der Waals surface area contributed by atoms with Crippen molar-refractivity contribution in [1.29, 1.82) is 0 Å². The fraction of sp³-hybridized carbons (Fsp3) is 0.444. The molecule has 4 N–H and O–H groups in total. The van der Waals surface area contributed by atoms with Crippen molar-refractivity contribution in [2.45, 2.75) is 25.8 Å². The van der Waals surface area contributed by atoms with E-state index in [1.165, 1.54) is 12.1 Å². The Balaban J connectivity index is 2.94. The highest BCUT2D eigenvalue weighted by Gasteiger charge is 2.06. The highest BCUT2D eigenvalue weighted by atomic mass is 16.3. The molecule has 13 heavy (non-hydrogen) atoms. The quantitative estimate of drug-likeness (QED) is 0.649. The summed E-state index contributed by atoms with van der Waals surface area (Å²) in [6.07, 6.45) is 1.76. The summed E-state index contributed by atoms with van der Waals surface area (Å²) in [4.78, 5) is 13.2. The van der Waals surface area contributed by atoms with Crippen molar-refractivity contribution >= 4 is 0 Å². The maximum atomic E-state index is 10.9. The van der Waals surface area contributed by atoms with Gasteiger partial charge in [-0.05, 0) is 12.0 Å². The number of hydrogen-bond acceptors (Lipinski definition) is 3. The van der Waals surface area contributed by atoms with E-state index in [0.717, 1.165) is 12.8 Å². The van der Waals surface area contributed by atoms with Gasteiger partial charge in [-0.1, -0.05) is 13.3 Å². The molecule has 4 heteroatoms. The zero-order valence-corrected chi connectivity index (χ0v) is 7.58. The summed E-state index contributed by atoms with van der Waals surface area (Å²) in [7, 11) is 0.